The van der Waals surface area contributed by atoms with Crippen molar-refractivity contribution in [3.05, 3.63) is 59.7 Å². The molecule has 0 unspecified atom stereocenters. The zero-order chi connectivity index (χ0) is 20.5. The van der Waals surface area contributed by atoms with Gasteiger partial charge in [-0.15, -0.1) is 0 Å². The second-order valence-electron chi connectivity index (χ2n) is 7.54. The lowest BCUT2D eigenvalue weighted by Gasteiger charge is -2.34. The van der Waals surface area contributed by atoms with Crippen molar-refractivity contribution < 1.29 is 9.53 Å². The minimum absolute atomic E-state index is 0.193. The summed E-state index contributed by atoms with van der Waals surface area (Å²) in [5.41, 5.74) is 3.15. The van der Waals surface area contributed by atoms with Crippen LogP contribution in [0, 0.1) is 6.92 Å². The van der Waals surface area contributed by atoms with Crippen molar-refractivity contribution in [3.63, 3.8) is 0 Å². The minimum atomic E-state index is -0.193. The Bertz CT molecular complexity index is 774. The summed E-state index contributed by atoms with van der Waals surface area (Å²) in [6, 6.07) is 16.2. The first-order valence-corrected chi connectivity index (χ1v) is 10.3. The molecule has 1 aliphatic rings. The van der Waals surface area contributed by atoms with E-state index in [9.17, 15) is 4.79 Å². The van der Waals surface area contributed by atoms with Crippen LogP contribution in [0.4, 0.5) is 10.5 Å². The largest absolute Gasteiger partial charge is 0.495 e. The highest BCUT2D eigenvalue weighted by Crippen LogP contribution is 2.24. The molecule has 2 N–H and O–H groups in total. The van der Waals surface area contributed by atoms with Crippen molar-refractivity contribution in [3.8, 4) is 5.75 Å². The molecule has 29 heavy (non-hydrogen) atoms. The van der Waals surface area contributed by atoms with Crippen molar-refractivity contribution in [1.82, 2.24) is 15.1 Å². The minimum Gasteiger partial charge on any atom is -0.495 e. The number of amides is 2. The lowest BCUT2D eigenvalue weighted by atomic mass is 10.2. The Hall–Kier alpha value is -2.57. The van der Waals surface area contributed by atoms with E-state index in [2.05, 4.69) is 50.8 Å². The smallest absolute Gasteiger partial charge is 0.319 e. The standard InChI is InChI=1S/C23H32N4O2/c1-19-9-10-22(29-2)21(17-19)25-23(28)24-11-6-12-26-13-15-27(16-14-26)18-20-7-4-3-5-8-20/h3-5,7-10,17H,6,11-16,18H2,1-2H3,(H2,24,25,28). The zero-order valence-corrected chi connectivity index (χ0v) is 17.5. The van der Waals surface area contributed by atoms with Gasteiger partial charge in [0.2, 0.25) is 0 Å². The fraction of sp³-hybridized carbons (Fsp3) is 0.435. The molecule has 0 radical (unpaired) electrons. The number of ether oxygens (including phenoxy) is 1. The number of nitrogens with zero attached hydrogens (tertiary/aromatic N) is 2. The predicted octanol–water partition coefficient (Wildman–Crippen LogP) is 3.33. The average Bonchev–Trinajstić information content (AvgIpc) is 2.73. The zero-order valence-electron chi connectivity index (χ0n) is 17.5. The molecule has 0 saturated carbocycles. The van der Waals surface area contributed by atoms with E-state index in [1.54, 1.807) is 7.11 Å². The lowest BCUT2D eigenvalue weighted by Crippen LogP contribution is -2.46. The molecule has 2 amide bonds. The number of urea groups is 1. The molecule has 3 rings (SSSR count). The molecule has 0 atom stereocenters. The first-order chi connectivity index (χ1) is 14.1. The maximum absolute atomic E-state index is 12.2. The van der Waals surface area contributed by atoms with Crippen molar-refractivity contribution in [1.29, 1.82) is 0 Å². The molecule has 6 nitrogen and oxygen atoms in total. The Labute approximate surface area is 173 Å². The van der Waals surface area contributed by atoms with Crippen LogP contribution in [0.1, 0.15) is 17.5 Å². The molecule has 1 fully saturated rings. The van der Waals surface area contributed by atoms with E-state index in [1.807, 2.05) is 25.1 Å². The van der Waals surface area contributed by atoms with Gasteiger partial charge in [-0.05, 0) is 43.1 Å². The van der Waals surface area contributed by atoms with Crippen LogP contribution < -0.4 is 15.4 Å². The number of methoxy groups -OCH3 is 1. The molecule has 0 bridgehead atoms. The third-order valence-corrected chi connectivity index (χ3v) is 5.25. The Kier molecular flexibility index (Phi) is 7.90. The maximum Gasteiger partial charge on any atom is 0.319 e. The van der Waals surface area contributed by atoms with Crippen molar-refractivity contribution in [2.24, 2.45) is 0 Å². The van der Waals surface area contributed by atoms with Crippen LogP contribution in [0.5, 0.6) is 5.75 Å². The molecule has 0 aromatic heterocycles. The number of anilines is 1. The van der Waals surface area contributed by atoms with Gasteiger partial charge in [-0.25, -0.2) is 4.79 Å². The highest BCUT2D eigenvalue weighted by atomic mass is 16.5. The van der Waals surface area contributed by atoms with E-state index in [-0.39, 0.29) is 6.03 Å². The number of rotatable bonds is 8. The van der Waals surface area contributed by atoms with Crippen molar-refractivity contribution in [2.75, 3.05) is 51.7 Å². The lowest BCUT2D eigenvalue weighted by molar-refractivity contribution is 0.126. The first kappa shape index (κ1) is 21.1. The molecular formula is C23H32N4O2. The van der Waals surface area contributed by atoms with Crippen molar-refractivity contribution >= 4 is 11.7 Å². The van der Waals surface area contributed by atoms with Gasteiger partial charge in [0.15, 0.2) is 0 Å². The van der Waals surface area contributed by atoms with Gasteiger partial charge in [-0.1, -0.05) is 36.4 Å². The average molecular weight is 397 g/mol. The van der Waals surface area contributed by atoms with Gasteiger partial charge in [0.25, 0.3) is 0 Å². The fourth-order valence-electron chi connectivity index (χ4n) is 3.60. The summed E-state index contributed by atoms with van der Waals surface area (Å²) in [5.74, 6) is 0.666. The second-order valence-corrected chi connectivity index (χ2v) is 7.54. The summed E-state index contributed by atoms with van der Waals surface area (Å²) >= 11 is 0. The summed E-state index contributed by atoms with van der Waals surface area (Å²) in [7, 11) is 1.60. The van der Waals surface area contributed by atoms with Gasteiger partial charge in [0, 0.05) is 39.3 Å². The fourth-order valence-corrected chi connectivity index (χ4v) is 3.60. The molecule has 1 aliphatic heterocycles. The van der Waals surface area contributed by atoms with Crippen LogP contribution in [0.15, 0.2) is 48.5 Å². The Morgan fingerprint density at radius 2 is 1.76 bits per heavy atom. The maximum atomic E-state index is 12.2. The molecule has 1 heterocycles. The predicted molar refractivity (Wildman–Crippen MR) is 118 cm³/mol. The third-order valence-electron chi connectivity index (χ3n) is 5.25. The molecule has 0 spiro atoms. The number of carbonyl (C=O) groups excluding carboxylic acids is 1. The summed E-state index contributed by atoms with van der Waals surface area (Å²) in [5, 5.41) is 5.81. The van der Waals surface area contributed by atoms with Gasteiger partial charge in [-0.2, -0.15) is 0 Å². The molecule has 1 saturated heterocycles. The molecule has 2 aromatic rings. The number of hydrogen-bond acceptors (Lipinski definition) is 4. The quantitative estimate of drug-likeness (QED) is 0.672. The van der Waals surface area contributed by atoms with Gasteiger partial charge in [-0.3, -0.25) is 4.90 Å². The summed E-state index contributed by atoms with van der Waals surface area (Å²) in [6.07, 6.45) is 0.942. The van der Waals surface area contributed by atoms with E-state index in [0.717, 1.165) is 51.3 Å². The Morgan fingerprint density at radius 1 is 1.03 bits per heavy atom. The molecule has 2 aromatic carbocycles. The molecule has 0 aliphatic carbocycles. The van der Waals surface area contributed by atoms with Crippen LogP contribution in [0.2, 0.25) is 0 Å². The van der Waals surface area contributed by atoms with Gasteiger partial charge in [0.1, 0.15) is 5.75 Å². The first-order valence-electron chi connectivity index (χ1n) is 10.3. The highest BCUT2D eigenvalue weighted by molar-refractivity contribution is 5.91. The SMILES string of the molecule is COc1ccc(C)cc1NC(=O)NCCCN1CCN(Cc2ccccc2)CC1. The van der Waals surface area contributed by atoms with Crippen LogP contribution >= 0.6 is 0 Å². The van der Waals surface area contributed by atoms with E-state index < -0.39 is 0 Å². The molecule has 156 valence electrons. The molecule has 6 heteroatoms. The van der Waals surface area contributed by atoms with E-state index >= 15 is 0 Å². The Balaban J connectivity index is 1.31. The monoisotopic (exact) mass is 396 g/mol. The van der Waals surface area contributed by atoms with Crippen LogP contribution in [0.3, 0.4) is 0 Å². The number of aryl methyl sites for hydroxylation is 1. The summed E-state index contributed by atoms with van der Waals surface area (Å²) < 4.78 is 5.30. The highest BCUT2D eigenvalue weighted by Gasteiger charge is 2.16. The number of piperazine rings is 1. The van der Waals surface area contributed by atoms with Gasteiger partial charge >= 0.3 is 6.03 Å². The Morgan fingerprint density at radius 3 is 2.48 bits per heavy atom. The summed E-state index contributed by atoms with van der Waals surface area (Å²) in [4.78, 5) is 17.1. The number of benzene rings is 2. The summed E-state index contributed by atoms with van der Waals surface area (Å²) in [6.45, 7) is 9.03. The third kappa shape index (κ3) is 6.76. The van der Waals surface area contributed by atoms with Gasteiger partial charge < -0.3 is 20.3 Å². The molecular weight excluding hydrogens is 364 g/mol. The van der Waals surface area contributed by atoms with Crippen molar-refractivity contribution in [2.45, 2.75) is 19.9 Å². The number of hydrogen-bond donors (Lipinski definition) is 2. The van der Waals surface area contributed by atoms with Crippen LogP contribution in [-0.2, 0) is 6.54 Å². The van der Waals surface area contributed by atoms with Crippen LogP contribution in [-0.4, -0.2) is 62.2 Å². The van der Waals surface area contributed by atoms with Crippen LogP contribution in [0.25, 0.3) is 0 Å². The normalized spacial score (nSPS) is 15.1. The topological polar surface area (TPSA) is 56.8 Å². The van der Waals surface area contributed by atoms with E-state index in [4.69, 9.17) is 4.74 Å². The van der Waals surface area contributed by atoms with Gasteiger partial charge in [0.05, 0.1) is 12.8 Å². The second kappa shape index (κ2) is 10.8. The number of carbonyl (C=O) groups is 1. The van der Waals surface area contributed by atoms with E-state index in [1.165, 1.54) is 5.56 Å². The van der Waals surface area contributed by atoms with E-state index in [0.29, 0.717) is 18.0 Å². The number of nitrogens with one attached hydrogen (secondary N) is 2.